The molecule has 3 nitrogen and oxygen atoms in total. The van der Waals surface area contributed by atoms with Crippen molar-refractivity contribution in [1.82, 2.24) is 4.90 Å². The number of hydrogen-bond acceptors (Lipinski definition) is 3. The molecule has 114 valence electrons. The van der Waals surface area contributed by atoms with E-state index in [1.807, 2.05) is 6.92 Å². The van der Waals surface area contributed by atoms with Crippen LogP contribution in [-0.2, 0) is 21.5 Å². The highest BCUT2D eigenvalue weighted by Crippen LogP contribution is 2.44. The van der Waals surface area contributed by atoms with Gasteiger partial charge in [-0.2, -0.15) is 0 Å². The fraction of sp³-hybridized carbons (Fsp3) is 0.611. The predicted octanol–water partition coefficient (Wildman–Crippen LogP) is 3.27. The number of rotatable bonds is 4. The summed E-state index contributed by atoms with van der Waals surface area (Å²) < 4.78 is 5.28. The van der Waals surface area contributed by atoms with Crippen LogP contribution in [0.25, 0.3) is 0 Å². The van der Waals surface area contributed by atoms with Crippen LogP contribution in [0.1, 0.15) is 50.2 Å². The van der Waals surface area contributed by atoms with Gasteiger partial charge in [0.2, 0.25) is 0 Å². The Labute approximate surface area is 127 Å². The molecule has 0 aromatic heterocycles. The molecule has 1 saturated heterocycles. The van der Waals surface area contributed by atoms with E-state index in [0.717, 1.165) is 32.4 Å². The molecule has 0 spiro atoms. The number of nitrogens with zero attached hydrogens (tertiary/aromatic N) is 1. The summed E-state index contributed by atoms with van der Waals surface area (Å²) >= 11 is 0. The SMILES string of the molecule is CCOC(=O)CC1(N2CCCC2)CCCc2ccccc21. The van der Waals surface area contributed by atoms with Crippen LogP contribution < -0.4 is 0 Å². The molecule has 1 heterocycles. The van der Waals surface area contributed by atoms with Gasteiger partial charge in [0.15, 0.2) is 0 Å². The van der Waals surface area contributed by atoms with Crippen LogP contribution >= 0.6 is 0 Å². The summed E-state index contributed by atoms with van der Waals surface area (Å²) in [5, 5.41) is 0. The first kappa shape index (κ1) is 14.6. The van der Waals surface area contributed by atoms with Crippen LogP contribution in [0.15, 0.2) is 24.3 Å². The lowest BCUT2D eigenvalue weighted by Gasteiger charge is -2.45. The Hall–Kier alpha value is -1.35. The summed E-state index contributed by atoms with van der Waals surface area (Å²) in [5.41, 5.74) is 2.66. The molecule has 0 radical (unpaired) electrons. The summed E-state index contributed by atoms with van der Waals surface area (Å²) in [6.45, 7) is 4.56. The highest BCUT2D eigenvalue weighted by Gasteiger charge is 2.44. The van der Waals surface area contributed by atoms with Crippen molar-refractivity contribution in [2.24, 2.45) is 0 Å². The van der Waals surface area contributed by atoms with E-state index < -0.39 is 0 Å². The van der Waals surface area contributed by atoms with E-state index in [4.69, 9.17) is 4.74 Å². The van der Waals surface area contributed by atoms with E-state index in [1.165, 1.54) is 24.0 Å². The number of fused-ring (bicyclic) bond motifs is 1. The second-order valence-corrected chi connectivity index (χ2v) is 6.22. The van der Waals surface area contributed by atoms with Crippen LogP contribution in [0.3, 0.4) is 0 Å². The smallest absolute Gasteiger partial charge is 0.308 e. The molecular formula is C18H25NO2. The molecule has 1 aliphatic heterocycles. The summed E-state index contributed by atoms with van der Waals surface area (Å²) in [7, 11) is 0. The Morgan fingerprint density at radius 1 is 1.24 bits per heavy atom. The maximum atomic E-state index is 12.2. The van der Waals surface area contributed by atoms with E-state index in [1.54, 1.807) is 0 Å². The van der Waals surface area contributed by atoms with Gasteiger partial charge in [-0.25, -0.2) is 0 Å². The minimum absolute atomic E-state index is 0.0545. The van der Waals surface area contributed by atoms with E-state index in [9.17, 15) is 4.79 Å². The Kier molecular flexibility index (Phi) is 4.29. The quantitative estimate of drug-likeness (QED) is 0.796. The molecule has 2 aliphatic rings. The highest BCUT2D eigenvalue weighted by atomic mass is 16.5. The van der Waals surface area contributed by atoms with Gasteiger partial charge in [0.25, 0.3) is 0 Å². The average Bonchev–Trinajstić information content (AvgIpc) is 3.02. The molecule has 1 fully saturated rings. The second kappa shape index (κ2) is 6.18. The van der Waals surface area contributed by atoms with E-state index in [0.29, 0.717) is 13.0 Å². The Bertz CT molecular complexity index is 508. The molecule has 1 aromatic carbocycles. The Morgan fingerprint density at radius 3 is 2.76 bits per heavy atom. The predicted molar refractivity (Wildman–Crippen MR) is 83.1 cm³/mol. The minimum Gasteiger partial charge on any atom is -0.466 e. The number of carbonyl (C=O) groups is 1. The number of carbonyl (C=O) groups excluding carboxylic acids is 1. The molecule has 21 heavy (non-hydrogen) atoms. The third-order valence-electron chi connectivity index (χ3n) is 5.01. The molecule has 0 N–H and O–H groups in total. The van der Waals surface area contributed by atoms with Crippen molar-refractivity contribution in [3.05, 3.63) is 35.4 Å². The fourth-order valence-corrected chi connectivity index (χ4v) is 4.12. The largest absolute Gasteiger partial charge is 0.466 e. The minimum atomic E-state index is -0.127. The standard InChI is InChI=1S/C18H25NO2/c1-2-21-17(20)14-18(19-12-5-6-13-19)11-7-9-15-8-3-4-10-16(15)18/h3-4,8,10H,2,5-7,9,11-14H2,1H3. The number of esters is 1. The van der Waals surface area contributed by atoms with E-state index in [-0.39, 0.29) is 11.5 Å². The number of likely N-dealkylation sites (tertiary alicyclic amines) is 1. The Morgan fingerprint density at radius 2 is 2.00 bits per heavy atom. The summed E-state index contributed by atoms with van der Waals surface area (Å²) in [4.78, 5) is 14.8. The third kappa shape index (κ3) is 2.71. The first-order valence-corrected chi connectivity index (χ1v) is 8.25. The zero-order valence-corrected chi connectivity index (χ0v) is 12.9. The molecular weight excluding hydrogens is 262 g/mol. The number of ether oxygens (including phenoxy) is 1. The van der Waals surface area contributed by atoms with E-state index >= 15 is 0 Å². The molecule has 1 unspecified atom stereocenters. The molecule has 0 amide bonds. The van der Waals surface area contributed by atoms with Crippen molar-refractivity contribution < 1.29 is 9.53 Å². The molecule has 0 bridgehead atoms. The summed E-state index contributed by atoms with van der Waals surface area (Å²) in [5.74, 6) is -0.0545. The van der Waals surface area contributed by atoms with Crippen LogP contribution in [-0.4, -0.2) is 30.6 Å². The number of hydrogen-bond donors (Lipinski definition) is 0. The first-order valence-electron chi connectivity index (χ1n) is 8.25. The lowest BCUT2D eigenvalue weighted by atomic mass is 9.73. The lowest BCUT2D eigenvalue weighted by Crippen LogP contribution is -2.48. The zero-order chi connectivity index (χ0) is 14.7. The van der Waals surface area contributed by atoms with Gasteiger partial charge < -0.3 is 4.74 Å². The van der Waals surface area contributed by atoms with Gasteiger partial charge in [0, 0.05) is 0 Å². The normalized spacial score (nSPS) is 25.6. The van der Waals surface area contributed by atoms with Gasteiger partial charge in [-0.1, -0.05) is 24.3 Å². The zero-order valence-electron chi connectivity index (χ0n) is 12.9. The first-order chi connectivity index (χ1) is 10.3. The van der Waals surface area contributed by atoms with Crippen molar-refractivity contribution in [2.75, 3.05) is 19.7 Å². The van der Waals surface area contributed by atoms with Crippen molar-refractivity contribution in [3.8, 4) is 0 Å². The van der Waals surface area contributed by atoms with Gasteiger partial charge >= 0.3 is 5.97 Å². The molecule has 3 rings (SSSR count). The van der Waals surface area contributed by atoms with Gasteiger partial charge in [0.1, 0.15) is 0 Å². The van der Waals surface area contributed by atoms with Crippen molar-refractivity contribution >= 4 is 5.97 Å². The second-order valence-electron chi connectivity index (χ2n) is 6.22. The average molecular weight is 287 g/mol. The van der Waals surface area contributed by atoms with E-state index in [2.05, 4.69) is 29.2 Å². The monoisotopic (exact) mass is 287 g/mol. The van der Waals surface area contributed by atoms with Crippen molar-refractivity contribution in [2.45, 2.75) is 51.0 Å². The number of benzene rings is 1. The van der Waals surface area contributed by atoms with Crippen molar-refractivity contribution in [3.63, 3.8) is 0 Å². The summed E-state index contributed by atoms with van der Waals surface area (Å²) in [6, 6.07) is 8.68. The number of aryl methyl sites for hydroxylation is 1. The van der Waals surface area contributed by atoms with Crippen LogP contribution in [0.4, 0.5) is 0 Å². The van der Waals surface area contributed by atoms with Gasteiger partial charge in [0.05, 0.1) is 18.6 Å². The molecule has 1 aliphatic carbocycles. The van der Waals surface area contributed by atoms with Crippen LogP contribution in [0.5, 0.6) is 0 Å². The molecule has 0 saturated carbocycles. The maximum absolute atomic E-state index is 12.2. The van der Waals surface area contributed by atoms with Gasteiger partial charge in [-0.05, 0) is 63.2 Å². The van der Waals surface area contributed by atoms with Crippen LogP contribution in [0.2, 0.25) is 0 Å². The van der Waals surface area contributed by atoms with Gasteiger partial charge in [-0.3, -0.25) is 9.69 Å². The summed E-state index contributed by atoms with van der Waals surface area (Å²) in [6.07, 6.45) is 6.35. The maximum Gasteiger partial charge on any atom is 0.308 e. The van der Waals surface area contributed by atoms with Crippen molar-refractivity contribution in [1.29, 1.82) is 0 Å². The molecule has 1 aromatic rings. The van der Waals surface area contributed by atoms with Crippen LogP contribution in [0, 0.1) is 0 Å². The highest BCUT2D eigenvalue weighted by molar-refractivity contribution is 5.71. The fourth-order valence-electron chi connectivity index (χ4n) is 4.12. The topological polar surface area (TPSA) is 29.5 Å². The lowest BCUT2D eigenvalue weighted by molar-refractivity contribution is -0.147. The Balaban J connectivity index is 1.98. The molecule has 3 heteroatoms. The third-order valence-corrected chi connectivity index (χ3v) is 5.01. The molecule has 1 atom stereocenters. The van der Waals surface area contributed by atoms with Gasteiger partial charge in [-0.15, -0.1) is 0 Å².